The predicted molar refractivity (Wildman–Crippen MR) is 98.0 cm³/mol. The second kappa shape index (κ2) is 6.84. The molecule has 0 bridgehead atoms. The molecule has 4 nitrogen and oxygen atoms in total. The molecule has 0 radical (unpaired) electrons. The molecule has 122 valence electrons. The van der Waals surface area contributed by atoms with Gasteiger partial charge in [0.1, 0.15) is 5.75 Å². The van der Waals surface area contributed by atoms with Crippen LogP contribution in [0.4, 0.5) is 5.13 Å². The van der Waals surface area contributed by atoms with Crippen LogP contribution in [0.2, 0.25) is 0 Å². The van der Waals surface area contributed by atoms with Gasteiger partial charge in [0.25, 0.3) is 5.91 Å². The van der Waals surface area contributed by atoms with Gasteiger partial charge in [-0.3, -0.25) is 10.1 Å². The Morgan fingerprint density at radius 3 is 2.50 bits per heavy atom. The number of para-hydroxylation sites is 1. The molecule has 1 heterocycles. The van der Waals surface area contributed by atoms with E-state index in [-0.39, 0.29) is 5.91 Å². The first-order valence-corrected chi connectivity index (χ1v) is 8.39. The van der Waals surface area contributed by atoms with Crippen molar-refractivity contribution < 1.29 is 9.53 Å². The van der Waals surface area contributed by atoms with Gasteiger partial charge in [0.05, 0.1) is 18.4 Å². The molecular formula is C19H18N2O2S. The number of methoxy groups -OCH3 is 1. The third kappa shape index (κ3) is 3.31. The van der Waals surface area contributed by atoms with Gasteiger partial charge in [-0.25, -0.2) is 4.98 Å². The van der Waals surface area contributed by atoms with Crippen LogP contribution < -0.4 is 10.1 Å². The molecule has 1 amide bonds. The Hall–Kier alpha value is -2.66. The van der Waals surface area contributed by atoms with E-state index in [4.69, 9.17) is 4.74 Å². The number of anilines is 1. The molecule has 1 N–H and O–H groups in total. The Kier molecular flexibility index (Phi) is 4.62. The van der Waals surface area contributed by atoms with E-state index in [0.29, 0.717) is 16.4 Å². The van der Waals surface area contributed by atoms with E-state index in [0.717, 1.165) is 16.1 Å². The van der Waals surface area contributed by atoms with Crippen molar-refractivity contribution in [1.29, 1.82) is 0 Å². The van der Waals surface area contributed by atoms with E-state index in [1.807, 2.05) is 31.2 Å². The van der Waals surface area contributed by atoms with Crippen molar-refractivity contribution in [3.05, 3.63) is 64.5 Å². The van der Waals surface area contributed by atoms with Crippen LogP contribution in [0.25, 0.3) is 11.3 Å². The van der Waals surface area contributed by atoms with E-state index >= 15 is 0 Å². The van der Waals surface area contributed by atoms with Crippen LogP contribution >= 0.6 is 11.3 Å². The van der Waals surface area contributed by atoms with Crippen molar-refractivity contribution in [2.45, 2.75) is 13.8 Å². The number of carbonyl (C=O) groups excluding carboxylic acids is 1. The lowest BCUT2D eigenvalue weighted by molar-refractivity contribution is 0.102. The average Bonchev–Trinajstić information content (AvgIpc) is 2.95. The summed E-state index contributed by atoms with van der Waals surface area (Å²) in [5.41, 5.74) is 3.64. The molecule has 0 saturated carbocycles. The molecule has 3 rings (SSSR count). The zero-order valence-electron chi connectivity index (χ0n) is 13.8. The molecule has 0 aliphatic carbocycles. The van der Waals surface area contributed by atoms with Crippen molar-refractivity contribution in [2.24, 2.45) is 0 Å². The smallest absolute Gasteiger partial charge is 0.261 e. The van der Waals surface area contributed by atoms with Gasteiger partial charge in [-0.15, -0.1) is 11.3 Å². The van der Waals surface area contributed by atoms with Crippen molar-refractivity contribution in [3.63, 3.8) is 0 Å². The van der Waals surface area contributed by atoms with E-state index in [9.17, 15) is 4.79 Å². The Labute approximate surface area is 145 Å². The van der Waals surface area contributed by atoms with E-state index in [1.54, 1.807) is 19.2 Å². The molecule has 0 unspecified atom stereocenters. The van der Waals surface area contributed by atoms with Gasteiger partial charge in [0, 0.05) is 10.4 Å². The van der Waals surface area contributed by atoms with Crippen molar-refractivity contribution >= 4 is 22.4 Å². The molecule has 0 saturated heterocycles. The normalized spacial score (nSPS) is 10.5. The van der Waals surface area contributed by atoms with Crippen LogP contribution in [0.15, 0.2) is 48.5 Å². The molecule has 5 heteroatoms. The molecule has 0 aliphatic rings. The minimum absolute atomic E-state index is 0.225. The van der Waals surface area contributed by atoms with Gasteiger partial charge in [-0.1, -0.05) is 42.0 Å². The maximum atomic E-state index is 12.5. The van der Waals surface area contributed by atoms with Gasteiger partial charge < -0.3 is 4.74 Å². The minimum atomic E-state index is -0.225. The number of rotatable bonds is 4. The summed E-state index contributed by atoms with van der Waals surface area (Å²) in [6, 6.07) is 15.3. The number of hydrogen-bond acceptors (Lipinski definition) is 4. The van der Waals surface area contributed by atoms with Crippen LogP contribution in [0, 0.1) is 13.8 Å². The standard InChI is InChI=1S/C19H18N2O2S/c1-12-8-10-14(11-9-12)17-13(2)24-19(20-17)21-18(22)15-6-4-5-7-16(15)23-3/h4-11H,1-3H3,(H,20,21,22). The number of thiazole rings is 1. The third-order valence-corrected chi connectivity index (χ3v) is 4.58. The molecule has 2 aromatic carbocycles. The van der Waals surface area contributed by atoms with Crippen LogP contribution in [0.5, 0.6) is 5.75 Å². The van der Waals surface area contributed by atoms with Crippen LogP contribution in [0.1, 0.15) is 20.8 Å². The zero-order valence-corrected chi connectivity index (χ0v) is 14.6. The summed E-state index contributed by atoms with van der Waals surface area (Å²) in [6.07, 6.45) is 0. The number of hydrogen-bond donors (Lipinski definition) is 1. The fourth-order valence-corrected chi connectivity index (χ4v) is 3.26. The number of amides is 1. The van der Waals surface area contributed by atoms with Gasteiger partial charge in [-0.2, -0.15) is 0 Å². The second-order valence-electron chi connectivity index (χ2n) is 5.44. The lowest BCUT2D eigenvalue weighted by Gasteiger charge is -2.07. The number of aryl methyl sites for hydroxylation is 2. The summed E-state index contributed by atoms with van der Waals surface area (Å²) in [6.45, 7) is 4.06. The Morgan fingerprint density at radius 2 is 1.79 bits per heavy atom. The van der Waals surface area contributed by atoms with Crippen molar-refractivity contribution in [3.8, 4) is 17.0 Å². The third-order valence-electron chi connectivity index (χ3n) is 3.69. The first-order chi connectivity index (χ1) is 11.6. The molecule has 0 aliphatic heterocycles. The summed E-state index contributed by atoms with van der Waals surface area (Å²) in [5, 5.41) is 3.45. The van der Waals surface area contributed by atoms with Crippen molar-refractivity contribution in [1.82, 2.24) is 4.98 Å². The monoisotopic (exact) mass is 338 g/mol. The van der Waals surface area contributed by atoms with Gasteiger partial charge in [0.15, 0.2) is 5.13 Å². The second-order valence-corrected chi connectivity index (χ2v) is 6.65. The van der Waals surface area contributed by atoms with Crippen LogP contribution in [-0.4, -0.2) is 18.0 Å². The first kappa shape index (κ1) is 16.2. The summed E-state index contributed by atoms with van der Waals surface area (Å²) in [7, 11) is 1.55. The van der Waals surface area contributed by atoms with Crippen LogP contribution in [0.3, 0.4) is 0 Å². The largest absolute Gasteiger partial charge is 0.496 e. The Bertz CT molecular complexity index is 869. The summed E-state index contributed by atoms with van der Waals surface area (Å²) < 4.78 is 5.24. The number of benzene rings is 2. The Balaban J connectivity index is 1.85. The predicted octanol–water partition coefficient (Wildman–Crippen LogP) is 4.69. The molecular weight excluding hydrogens is 320 g/mol. The number of nitrogens with one attached hydrogen (secondary N) is 1. The molecule has 1 aromatic heterocycles. The molecule has 0 atom stereocenters. The lowest BCUT2D eigenvalue weighted by Crippen LogP contribution is -2.12. The van der Waals surface area contributed by atoms with Crippen LogP contribution in [-0.2, 0) is 0 Å². The Morgan fingerprint density at radius 1 is 1.08 bits per heavy atom. The van der Waals surface area contributed by atoms with Gasteiger partial charge >= 0.3 is 0 Å². The van der Waals surface area contributed by atoms with Gasteiger partial charge in [-0.05, 0) is 26.0 Å². The number of aromatic nitrogens is 1. The van der Waals surface area contributed by atoms with E-state index in [2.05, 4.69) is 29.4 Å². The maximum absolute atomic E-state index is 12.5. The van der Waals surface area contributed by atoms with E-state index in [1.165, 1.54) is 16.9 Å². The highest BCUT2D eigenvalue weighted by atomic mass is 32.1. The summed E-state index contributed by atoms with van der Waals surface area (Å²) in [5.74, 6) is 0.318. The molecule has 3 aromatic rings. The zero-order chi connectivity index (χ0) is 17.1. The molecule has 24 heavy (non-hydrogen) atoms. The number of ether oxygens (including phenoxy) is 1. The topological polar surface area (TPSA) is 51.2 Å². The van der Waals surface area contributed by atoms with E-state index < -0.39 is 0 Å². The molecule has 0 fully saturated rings. The number of carbonyl (C=O) groups is 1. The summed E-state index contributed by atoms with van der Waals surface area (Å²) in [4.78, 5) is 18.1. The van der Waals surface area contributed by atoms with Crippen molar-refractivity contribution in [2.75, 3.05) is 12.4 Å². The average molecular weight is 338 g/mol. The SMILES string of the molecule is COc1ccccc1C(=O)Nc1nc(-c2ccc(C)cc2)c(C)s1. The number of nitrogens with zero attached hydrogens (tertiary/aromatic N) is 1. The maximum Gasteiger partial charge on any atom is 0.261 e. The minimum Gasteiger partial charge on any atom is -0.496 e. The molecule has 0 spiro atoms. The lowest BCUT2D eigenvalue weighted by atomic mass is 10.1. The highest BCUT2D eigenvalue weighted by molar-refractivity contribution is 7.16. The fraction of sp³-hybridized carbons (Fsp3) is 0.158. The fourth-order valence-electron chi connectivity index (χ4n) is 2.43. The highest BCUT2D eigenvalue weighted by Gasteiger charge is 2.15. The van der Waals surface area contributed by atoms with Gasteiger partial charge in [0.2, 0.25) is 0 Å². The first-order valence-electron chi connectivity index (χ1n) is 7.57. The quantitative estimate of drug-likeness (QED) is 0.751. The summed E-state index contributed by atoms with van der Waals surface area (Å²) >= 11 is 1.47. The highest BCUT2D eigenvalue weighted by Crippen LogP contribution is 2.31.